The third-order valence-corrected chi connectivity index (χ3v) is 5.60. The van der Waals surface area contributed by atoms with E-state index in [1.807, 2.05) is 41.3 Å². The van der Waals surface area contributed by atoms with Gasteiger partial charge in [-0.2, -0.15) is 0 Å². The Morgan fingerprint density at radius 3 is 2.65 bits per heavy atom. The number of fused-ring (bicyclic) bond motifs is 1. The van der Waals surface area contributed by atoms with Crippen molar-refractivity contribution in [1.29, 1.82) is 0 Å². The van der Waals surface area contributed by atoms with Gasteiger partial charge in [-0.25, -0.2) is 4.79 Å². The number of hydrogen-bond acceptors (Lipinski definition) is 3. The van der Waals surface area contributed by atoms with Gasteiger partial charge in [0.15, 0.2) is 0 Å². The first-order valence-corrected chi connectivity index (χ1v) is 9.61. The molecule has 2 aliphatic heterocycles. The highest BCUT2D eigenvalue weighted by molar-refractivity contribution is 5.94. The highest BCUT2D eigenvalue weighted by atomic mass is 16.5. The largest absolute Gasteiger partial charge is 0.497 e. The number of amides is 2. The zero-order chi connectivity index (χ0) is 17.9. The van der Waals surface area contributed by atoms with Gasteiger partial charge in [0, 0.05) is 24.8 Å². The molecule has 2 aromatic rings. The molecule has 1 atom stereocenters. The van der Waals surface area contributed by atoms with E-state index >= 15 is 0 Å². The zero-order valence-corrected chi connectivity index (χ0v) is 15.4. The molecular weight excluding hydrogens is 326 g/mol. The Kier molecular flexibility index (Phi) is 4.98. The van der Waals surface area contributed by atoms with Gasteiger partial charge in [0.2, 0.25) is 0 Å². The van der Waals surface area contributed by atoms with Crippen LogP contribution in [0.3, 0.4) is 0 Å². The van der Waals surface area contributed by atoms with E-state index in [4.69, 9.17) is 4.74 Å². The fourth-order valence-corrected chi connectivity index (χ4v) is 4.18. The maximum atomic E-state index is 12.8. The molecule has 0 aromatic heterocycles. The number of methoxy groups -OCH3 is 1. The van der Waals surface area contributed by atoms with Crippen LogP contribution in [0.5, 0.6) is 5.75 Å². The molecule has 4 rings (SSSR count). The van der Waals surface area contributed by atoms with Gasteiger partial charge in [0.1, 0.15) is 5.75 Å². The number of likely N-dealkylation sites (tertiary alicyclic amines) is 2. The predicted octanol–water partition coefficient (Wildman–Crippen LogP) is 3.94. The van der Waals surface area contributed by atoms with Crippen LogP contribution < -0.4 is 10.1 Å². The van der Waals surface area contributed by atoms with Crippen molar-refractivity contribution in [2.24, 2.45) is 0 Å². The van der Waals surface area contributed by atoms with Gasteiger partial charge in [-0.05, 0) is 73.8 Å². The van der Waals surface area contributed by atoms with Crippen LogP contribution in [0, 0.1) is 0 Å². The van der Waals surface area contributed by atoms with Crippen molar-refractivity contribution in [2.45, 2.75) is 31.7 Å². The summed E-state index contributed by atoms with van der Waals surface area (Å²) in [7, 11) is 1.67. The number of urea groups is 1. The number of nitrogens with zero attached hydrogens (tertiary/aromatic N) is 2. The average Bonchev–Trinajstić information content (AvgIpc) is 3.33. The molecule has 2 heterocycles. The summed E-state index contributed by atoms with van der Waals surface area (Å²) in [6.07, 6.45) is 4.80. The summed E-state index contributed by atoms with van der Waals surface area (Å²) >= 11 is 0. The minimum absolute atomic E-state index is 0.0274. The lowest BCUT2D eigenvalue weighted by Crippen LogP contribution is -2.44. The quantitative estimate of drug-likeness (QED) is 0.905. The molecule has 1 unspecified atom stereocenters. The maximum Gasteiger partial charge on any atom is 0.322 e. The monoisotopic (exact) mass is 353 g/mol. The number of anilines is 1. The van der Waals surface area contributed by atoms with Gasteiger partial charge in [0.05, 0.1) is 7.11 Å². The second-order valence-corrected chi connectivity index (χ2v) is 7.36. The molecule has 2 saturated heterocycles. The number of nitrogens with one attached hydrogen (secondary N) is 1. The Morgan fingerprint density at radius 2 is 1.85 bits per heavy atom. The third-order valence-electron chi connectivity index (χ3n) is 5.60. The van der Waals surface area contributed by atoms with Gasteiger partial charge >= 0.3 is 6.03 Å². The molecule has 0 radical (unpaired) electrons. The highest BCUT2D eigenvalue weighted by Gasteiger charge is 2.30. The van der Waals surface area contributed by atoms with Gasteiger partial charge in [-0.15, -0.1) is 0 Å². The summed E-state index contributed by atoms with van der Waals surface area (Å²) in [5.41, 5.74) is 0.847. The maximum absolute atomic E-state index is 12.8. The van der Waals surface area contributed by atoms with Crippen LogP contribution in [0.25, 0.3) is 10.8 Å². The van der Waals surface area contributed by atoms with Crippen LogP contribution in [-0.4, -0.2) is 55.2 Å². The molecule has 2 aliphatic rings. The molecule has 26 heavy (non-hydrogen) atoms. The van der Waals surface area contributed by atoms with E-state index in [-0.39, 0.29) is 6.03 Å². The van der Waals surface area contributed by atoms with E-state index in [0.717, 1.165) is 48.1 Å². The summed E-state index contributed by atoms with van der Waals surface area (Å²) in [6.45, 7) is 4.24. The molecule has 138 valence electrons. The van der Waals surface area contributed by atoms with E-state index in [9.17, 15) is 4.79 Å². The average molecular weight is 353 g/mol. The van der Waals surface area contributed by atoms with E-state index < -0.39 is 0 Å². The van der Waals surface area contributed by atoms with Gasteiger partial charge in [-0.1, -0.05) is 12.1 Å². The second-order valence-electron chi connectivity index (χ2n) is 7.36. The molecule has 2 aromatic carbocycles. The lowest BCUT2D eigenvalue weighted by molar-refractivity contribution is 0.186. The van der Waals surface area contributed by atoms with Gasteiger partial charge in [0.25, 0.3) is 0 Å². The molecule has 0 spiro atoms. The van der Waals surface area contributed by atoms with Crippen molar-refractivity contribution in [2.75, 3.05) is 38.6 Å². The Labute approximate surface area is 154 Å². The van der Waals surface area contributed by atoms with E-state index in [1.165, 1.54) is 25.9 Å². The number of hydrogen-bond donors (Lipinski definition) is 1. The van der Waals surface area contributed by atoms with Crippen LogP contribution >= 0.6 is 0 Å². The van der Waals surface area contributed by atoms with E-state index in [1.54, 1.807) is 7.11 Å². The van der Waals surface area contributed by atoms with Crippen molar-refractivity contribution in [3.63, 3.8) is 0 Å². The second kappa shape index (κ2) is 7.54. The third kappa shape index (κ3) is 3.63. The molecule has 0 bridgehead atoms. The summed E-state index contributed by atoms with van der Waals surface area (Å²) in [5.74, 6) is 0.844. The normalized spacial score (nSPS) is 20.7. The molecule has 5 heteroatoms. The standard InChI is InChI=1S/C21H27N3O2/c1-26-20-9-7-16-13-18(8-6-17(16)14-20)22-21(25)24-12-4-5-19(24)15-23-10-2-3-11-23/h6-9,13-14,19H,2-5,10-12,15H2,1H3,(H,22,25). The fourth-order valence-electron chi connectivity index (χ4n) is 4.18. The SMILES string of the molecule is COc1ccc2cc(NC(=O)N3CCCC3CN3CCCC3)ccc2c1. The van der Waals surface area contributed by atoms with Crippen molar-refractivity contribution in [1.82, 2.24) is 9.80 Å². The summed E-state index contributed by atoms with van der Waals surface area (Å²) in [6, 6.07) is 12.4. The van der Waals surface area contributed by atoms with Crippen LogP contribution in [-0.2, 0) is 0 Å². The van der Waals surface area contributed by atoms with Gasteiger partial charge in [-0.3, -0.25) is 0 Å². The predicted molar refractivity (Wildman–Crippen MR) is 105 cm³/mol. The lowest BCUT2D eigenvalue weighted by atomic mass is 10.1. The molecule has 2 fully saturated rings. The van der Waals surface area contributed by atoms with Crippen LogP contribution in [0.4, 0.5) is 10.5 Å². The molecule has 5 nitrogen and oxygen atoms in total. The molecule has 2 amide bonds. The Morgan fingerprint density at radius 1 is 1.08 bits per heavy atom. The highest BCUT2D eigenvalue weighted by Crippen LogP contribution is 2.25. The fraction of sp³-hybridized carbons (Fsp3) is 0.476. The minimum atomic E-state index is 0.0274. The van der Waals surface area contributed by atoms with E-state index in [0.29, 0.717) is 6.04 Å². The number of carbonyl (C=O) groups is 1. The number of carbonyl (C=O) groups excluding carboxylic acids is 1. The molecule has 0 aliphatic carbocycles. The summed E-state index contributed by atoms with van der Waals surface area (Å²) < 4.78 is 5.27. The molecular formula is C21H27N3O2. The van der Waals surface area contributed by atoms with Crippen molar-refractivity contribution in [3.8, 4) is 5.75 Å². The number of rotatable bonds is 4. The van der Waals surface area contributed by atoms with Crippen LogP contribution in [0.15, 0.2) is 36.4 Å². The zero-order valence-electron chi connectivity index (χ0n) is 15.4. The first-order chi connectivity index (χ1) is 12.7. The van der Waals surface area contributed by atoms with Crippen LogP contribution in [0.1, 0.15) is 25.7 Å². The number of benzene rings is 2. The smallest absolute Gasteiger partial charge is 0.322 e. The van der Waals surface area contributed by atoms with Crippen molar-refractivity contribution in [3.05, 3.63) is 36.4 Å². The first kappa shape index (κ1) is 17.2. The first-order valence-electron chi connectivity index (χ1n) is 9.61. The Hall–Kier alpha value is -2.27. The van der Waals surface area contributed by atoms with Crippen molar-refractivity contribution >= 4 is 22.5 Å². The van der Waals surface area contributed by atoms with Crippen LogP contribution in [0.2, 0.25) is 0 Å². The van der Waals surface area contributed by atoms with E-state index in [2.05, 4.69) is 10.2 Å². The Balaban J connectivity index is 1.44. The lowest BCUT2D eigenvalue weighted by Gasteiger charge is -2.28. The summed E-state index contributed by atoms with van der Waals surface area (Å²) in [5, 5.41) is 5.30. The summed E-state index contributed by atoms with van der Waals surface area (Å²) in [4.78, 5) is 17.3. The van der Waals surface area contributed by atoms with Gasteiger partial charge < -0.3 is 19.9 Å². The minimum Gasteiger partial charge on any atom is -0.497 e. The topological polar surface area (TPSA) is 44.8 Å². The molecule has 0 saturated carbocycles. The molecule has 1 N–H and O–H groups in total. The Bertz CT molecular complexity index is 786. The number of ether oxygens (including phenoxy) is 1. The van der Waals surface area contributed by atoms with Crippen molar-refractivity contribution < 1.29 is 9.53 Å².